The van der Waals surface area contributed by atoms with E-state index in [4.69, 9.17) is 5.73 Å². The Kier molecular flexibility index (Phi) is 6.64. The molecule has 6 heteroatoms. The maximum absolute atomic E-state index is 12.2. The van der Waals surface area contributed by atoms with Gasteiger partial charge in [0, 0.05) is 5.25 Å². The maximum atomic E-state index is 12.2. The molecule has 0 saturated heterocycles. The monoisotopic (exact) mass is 305 g/mol. The van der Waals surface area contributed by atoms with Crippen molar-refractivity contribution in [3.63, 3.8) is 0 Å². The number of nitrogens with two attached hydrogens (primary N) is 1. The minimum atomic E-state index is -3.27. The largest absolute Gasteiger partial charge is 0.321 e. The fraction of sp³-hybridized carbons (Fsp3) is 0.857. The smallest absolute Gasteiger partial charge is 0.178 e. The van der Waals surface area contributed by atoms with Gasteiger partial charge in [-0.15, -0.1) is 0 Å². The molecule has 2 atom stereocenters. The molecular weight excluding hydrogens is 278 g/mol. The van der Waals surface area contributed by atoms with E-state index in [-0.39, 0.29) is 0 Å². The van der Waals surface area contributed by atoms with Gasteiger partial charge in [0.2, 0.25) is 0 Å². The average molecular weight is 305 g/mol. The Morgan fingerprint density at radius 1 is 1.30 bits per heavy atom. The van der Waals surface area contributed by atoms with Crippen LogP contribution < -0.4 is 5.73 Å². The fourth-order valence-electron chi connectivity index (χ4n) is 2.72. The van der Waals surface area contributed by atoms with Crippen LogP contribution in [0.5, 0.6) is 0 Å². The molecule has 1 saturated carbocycles. The molecule has 1 fully saturated rings. The number of carbonyl (C=O) groups excluding carboxylic acids is 2. The summed E-state index contributed by atoms with van der Waals surface area (Å²) in [7, 11) is -3.27. The Balaban J connectivity index is 2.67. The first-order chi connectivity index (χ1) is 9.30. The zero-order chi connectivity index (χ0) is 15.3. The lowest BCUT2D eigenvalue weighted by atomic mass is 9.84. The average Bonchev–Trinajstić information content (AvgIpc) is 2.40. The van der Waals surface area contributed by atoms with Crippen molar-refractivity contribution in [2.75, 3.05) is 0 Å². The van der Waals surface area contributed by atoms with Gasteiger partial charge in [0.15, 0.2) is 11.0 Å². The summed E-state index contributed by atoms with van der Waals surface area (Å²) in [4.78, 5) is 23.4. The van der Waals surface area contributed by atoms with Crippen molar-refractivity contribution in [1.29, 1.82) is 0 Å². The van der Waals surface area contributed by atoms with Crippen LogP contribution in [0.15, 0.2) is 0 Å². The molecule has 0 unspecified atom stereocenters. The zero-order valence-corrected chi connectivity index (χ0v) is 13.1. The standard InChI is InChI=1S/C14H27NO4S/c1-10(2)20(18,19)13(9-16)14(17)12(15)8-11-6-4-3-5-7-11/h9-13,18-19H,3-8,15H2,1-2H3/t12-,13-/m0/s1. The minimum Gasteiger partial charge on any atom is -0.321 e. The summed E-state index contributed by atoms with van der Waals surface area (Å²) in [5.74, 6) is -0.116. The van der Waals surface area contributed by atoms with Crippen LogP contribution in [0.4, 0.5) is 0 Å². The summed E-state index contributed by atoms with van der Waals surface area (Å²) in [5, 5.41) is -1.93. The van der Waals surface area contributed by atoms with Crippen LogP contribution in [0.2, 0.25) is 0 Å². The SMILES string of the molecule is CC(C)S(O)(O)[C@@H](C=O)C(=O)[C@@H](N)CC1CCCCC1. The summed E-state index contributed by atoms with van der Waals surface area (Å²) in [6.45, 7) is 3.18. The second-order valence-corrected chi connectivity index (χ2v) is 8.72. The second-order valence-electron chi connectivity index (χ2n) is 5.99. The molecule has 1 aliphatic rings. The van der Waals surface area contributed by atoms with Gasteiger partial charge < -0.3 is 10.5 Å². The van der Waals surface area contributed by atoms with Crippen LogP contribution in [0.25, 0.3) is 0 Å². The summed E-state index contributed by atoms with van der Waals surface area (Å²) in [5.41, 5.74) is 5.90. The van der Waals surface area contributed by atoms with E-state index in [0.29, 0.717) is 18.6 Å². The number of ketones is 1. The van der Waals surface area contributed by atoms with E-state index in [2.05, 4.69) is 0 Å². The van der Waals surface area contributed by atoms with E-state index >= 15 is 0 Å². The molecule has 0 aromatic heterocycles. The number of rotatable bonds is 7. The van der Waals surface area contributed by atoms with Gasteiger partial charge in [-0.2, -0.15) is 10.6 Å². The van der Waals surface area contributed by atoms with Crippen molar-refractivity contribution in [2.24, 2.45) is 11.7 Å². The topological polar surface area (TPSA) is 101 Å². The first kappa shape index (κ1) is 17.6. The van der Waals surface area contributed by atoms with Crippen molar-refractivity contribution in [2.45, 2.75) is 68.9 Å². The van der Waals surface area contributed by atoms with Crippen molar-refractivity contribution in [3.8, 4) is 0 Å². The van der Waals surface area contributed by atoms with Crippen molar-refractivity contribution in [1.82, 2.24) is 0 Å². The predicted molar refractivity (Wildman–Crippen MR) is 82.0 cm³/mol. The van der Waals surface area contributed by atoms with Crippen molar-refractivity contribution in [3.05, 3.63) is 0 Å². The Morgan fingerprint density at radius 3 is 2.30 bits per heavy atom. The van der Waals surface area contributed by atoms with Gasteiger partial charge in [-0.1, -0.05) is 32.1 Å². The number of Topliss-reactive ketones (excluding diaryl/α,β-unsaturated/α-hetero) is 1. The Labute approximate surface area is 122 Å². The van der Waals surface area contributed by atoms with E-state index in [9.17, 15) is 18.7 Å². The maximum Gasteiger partial charge on any atom is 0.178 e. The molecule has 5 nitrogen and oxygen atoms in total. The van der Waals surface area contributed by atoms with Crippen LogP contribution in [0.1, 0.15) is 52.4 Å². The van der Waals surface area contributed by atoms with Gasteiger partial charge in [0.1, 0.15) is 6.29 Å². The number of aldehydes is 1. The van der Waals surface area contributed by atoms with E-state index in [1.807, 2.05) is 0 Å². The van der Waals surface area contributed by atoms with Gasteiger partial charge in [-0.25, -0.2) is 0 Å². The van der Waals surface area contributed by atoms with Gasteiger partial charge >= 0.3 is 0 Å². The first-order valence-electron chi connectivity index (χ1n) is 7.31. The Hall–Kier alpha value is -0.430. The normalized spacial score (nSPS) is 21.5. The molecule has 4 N–H and O–H groups in total. The van der Waals surface area contributed by atoms with E-state index in [1.54, 1.807) is 13.8 Å². The lowest BCUT2D eigenvalue weighted by Crippen LogP contribution is -2.44. The summed E-state index contributed by atoms with van der Waals surface area (Å²) >= 11 is 0. The molecule has 20 heavy (non-hydrogen) atoms. The first-order valence-corrected chi connectivity index (χ1v) is 8.98. The van der Waals surface area contributed by atoms with E-state index < -0.39 is 32.9 Å². The fourth-order valence-corrected chi connectivity index (χ4v) is 3.99. The van der Waals surface area contributed by atoms with Crippen molar-refractivity contribution >= 4 is 22.7 Å². The van der Waals surface area contributed by atoms with Crippen LogP contribution in [0.3, 0.4) is 0 Å². The molecule has 0 heterocycles. The summed E-state index contributed by atoms with van der Waals surface area (Å²) in [6, 6.07) is -0.779. The summed E-state index contributed by atoms with van der Waals surface area (Å²) < 4.78 is 20.0. The third-order valence-corrected chi connectivity index (χ3v) is 6.63. The third-order valence-electron chi connectivity index (χ3n) is 4.15. The molecule has 0 bridgehead atoms. The third kappa shape index (κ3) is 4.28. The molecule has 1 rings (SSSR count). The second kappa shape index (κ2) is 7.54. The molecule has 118 valence electrons. The van der Waals surface area contributed by atoms with Crippen molar-refractivity contribution < 1.29 is 18.7 Å². The summed E-state index contributed by atoms with van der Waals surface area (Å²) in [6.07, 6.45) is 6.55. The van der Waals surface area contributed by atoms with Gasteiger partial charge in [0.25, 0.3) is 0 Å². The van der Waals surface area contributed by atoms with Gasteiger partial charge in [-0.05, 0) is 26.2 Å². The number of hydrogen-bond donors (Lipinski definition) is 3. The molecule has 0 aromatic rings. The highest BCUT2D eigenvalue weighted by Gasteiger charge is 2.37. The van der Waals surface area contributed by atoms with Gasteiger partial charge in [0.05, 0.1) is 6.04 Å². The highest BCUT2D eigenvalue weighted by atomic mass is 32.3. The van der Waals surface area contributed by atoms with Crippen LogP contribution in [-0.4, -0.2) is 37.7 Å². The Bertz CT molecular complexity index is 340. The van der Waals surface area contributed by atoms with Gasteiger partial charge in [-0.3, -0.25) is 13.9 Å². The molecule has 0 amide bonds. The molecular formula is C14H27NO4S. The number of hydrogen-bond acceptors (Lipinski definition) is 5. The molecule has 0 aliphatic heterocycles. The van der Waals surface area contributed by atoms with E-state index in [0.717, 1.165) is 25.7 Å². The highest BCUT2D eigenvalue weighted by molar-refractivity contribution is 8.26. The minimum absolute atomic E-state index is 0.346. The van der Waals surface area contributed by atoms with Crippen LogP contribution >= 0.6 is 10.6 Å². The highest BCUT2D eigenvalue weighted by Crippen LogP contribution is 2.48. The van der Waals surface area contributed by atoms with Crippen LogP contribution in [0, 0.1) is 5.92 Å². The van der Waals surface area contributed by atoms with E-state index in [1.165, 1.54) is 6.42 Å². The number of carbonyl (C=O) groups is 2. The lowest BCUT2D eigenvalue weighted by molar-refractivity contribution is -0.123. The quantitative estimate of drug-likeness (QED) is 0.496. The molecule has 1 aliphatic carbocycles. The molecule has 0 aromatic carbocycles. The predicted octanol–water partition coefficient (Wildman–Crippen LogP) is 2.58. The molecule has 0 spiro atoms. The molecule has 0 radical (unpaired) electrons. The van der Waals surface area contributed by atoms with Crippen LogP contribution in [-0.2, 0) is 9.59 Å². The lowest BCUT2D eigenvalue weighted by Gasteiger charge is -2.41. The zero-order valence-electron chi connectivity index (χ0n) is 12.3. The Morgan fingerprint density at radius 2 is 1.85 bits per heavy atom.